The van der Waals surface area contributed by atoms with Crippen LogP contribution in [-0.2, 0) is 30.6 Å². The monoisotopic (exact) mass is 355 g/mol. The molecule has 4 rings (SSSR count). The Morgan fingerprint density at radius 2 is 2.00 bits per heavy atom. The van der Waals surface area contributed by atoms with E-state index in [1.165, 1.54) is 28.9 Å². The number of nitrogens with one attached hydrogen (secondary N) is 1. The molecule has 1 aliphatic rings. The first-order chi connectivity index (χ1) is 12.1. The maximum absolute atomic E-state index is 12.2. The van der Waals surface area contributed by atoms with Crippen LogP contribution in [0.4, 0.5) is 0 Å². The molecule has 2 heterocycles. The summed E-state index contributed by atoms with van der Waals surface area (Å²) in [5.41, 5.74) is 4.44. The van der Waals surface area contributed by atoms with Gasteiger partial charge < -0.3 is 14.8 Å². The summed E-state index contributed by atoms with van der Waals surface area (Å²) in [7, 11) is 0. The Labute approximate surface area is 148 Å². The number of carboxylic acid groups (broad SMARTS) is 1. The van der Waals surface area contributed by atoms with Gasteiger partial charge in [-0.3, -0.25) is 4.79 Å². The van der Waals surface area contributed by atoms with Crippen LogP contribution in [0.15, 0.2) is 34.9 Å². The van der Waals surface area contributed by atoms with Gasteiger partial charge in [-0.1, -0.05) is 0 Å². The summed E-state index contributed by atoms with van der Waals surface area (Å²) in [5, 5.41) is 12.8. The molecule has 0 aliphatic heterocycles. The molecule has 0 fully saturated rings. The van der Waals surface area contributed by atoms with Gasteiger partial charge in [-0.05, 0) is 54.7 Å². The van der Waals surface area contributed by atoms with Gasteiger partial charge >= 0.3 is 5.97 Å². The zero-order chi connectivity index (χ0) is 17.4. The van der Waals surface area contributed by atoms with E-state index in [0.717, 1.165) is 34.3 Å². The topological polar surface area (TPSA) is 79.5 Å². The number of hydrogen-bond acceptors (Lipinski definition) is 4. The van der Waals surface area contributed by atoms with Gasteiger partial charge in [-0.15, -0.1) is 11.3 Å². The highest BCUT2D eigenvalue weighted by Gasteiger charge is 2.17. The fourth-order valence-corrected chi connectivity index (χ4v) is 4.08. The van der Waals surface area contributed by atoms with Gasteiger partial charge in [-0.25, -0.2) is 4.79 Å². The molecule has 2 N–H and O–H groups in total. The van der Waals surface area contributed by atoms with Gasteiger partial charge in [0, 0.05) is 15.8 Å². The lowest BCUT2D eigenvalue weighted by molar-refractivity contribution is -0.120. The molecule has 25 heavy (non-hydrogen) atoms. The predicted octanol–water partition coefficient (Wildman–Crippen LogP) is 3.54. The van der Waals surface area contributed by atoms with Crippen LogP contribution >= 0.6 is 11.3 Å². The number of rotatable bonds is 5. The molecular weight excluding hydrogens is 338 g/mol. The normalized spacial score (nSPS) is 13.1. The van der Waals surface area contributed by atoms with E-state index in [1.807, 2.05) is 0 Å². The number of carbonyl (C=O) groups is 2. The molecule has 0 saturated heterocycles. The third-order valence-electron chi connectivity index (χ3n) is 4.55. The minimum Gasteiger partial charge on any atom is -0.477 e. The number of fused-ring (bicyclic) bond motifs is 2. The van der Waals surface area contributed by atoms with Crippen LogP contribution < -0.4 is 5.32 Å². The van der Waals surface area contributed by atoms with Crippen LogP contribution in [0.25, 0.3) is 11.0 Å². The van der Waals surface area contributed by atoms with Gasteiger partial charge in [0.25, 0.3) is 0 Å². The molecule has 0 radical (unpaired) electrons. The molecule has 0 atom stereocenters. The van der Waals surface area contributed by atoms with E-state index in [4.69, 9.17) is 9.52 Å². The van der Waals surface area contributed by atoms with E-state index in [1.54, 1.807) is 18.4 Å². The number of amides is 1. The van der Waals surface area contributed by atoms with Crippen molar-refractivity contribution < 1.29 is 19.1 Å². The SMILES string of the molecule is O=C(Cc1coc2cc3c(cc12)CCC3)NCc1ccc(C(=O)O)s1. The number of aromatic carboxylic acids is 1. The van der Waals surface area contributed by atoms with E-state index < -0.39 is 5.97 Å². The van der Waals surface area contributed by atoms with Crippen molar-refractivity contribution in [3.05, 3.63) is 57.0 Å². The molecule has 6 heteroatoms. The Morgan fingerprint density at radius 1 is 1.20 bits per heavy atom. The molecule has 5 nitrogen and oxygen atoms in total. The average molecular weight is 355 g/mol. The highest BCUT2D eigenvalue weighted by atomic mass is 32.1. The van der Waals surface area contributed by atoms with Crippen LogP contribution in [0, 0.1) is 0 Å². The number of aryl methyl sites for hydroxylation is 2. The van der Waals surface area contributed by atoms with Gasteiger partial charge in [0.05, 0.1) is 19.2 Å². The Bertz CT molecular complexity index is 969. The van der Waals surface area contributed by atoms with Crippen LogP contribution in [0.1, 0.15) is 37.7 Å². The summed E-state index contributed by atoms with van der Waals surface area (Å²) in [5.74, 6) is -1.05. The molecular formula is C19H17NO4S. The van der Waals surface area contributed by atoms with Crippen molar-refractivity contribution in [2.24, 2.45) is 0 Å². The summed E-state index contributed by atoms with van der Waals surface area (Å²) in [4.78, 5) is 24.2. The first kappa shape index (κ1) is 15.9. The van der Waals surface area contributed by atoms with E-state index in [0.29, 0.717) is 6.54 Å². The maximum Gasteiger partial charge on any atom is 0.345 e. The van der Waals surface area contributed by atoms with E-state index in [-0.39, 0.29) is 17.2 Å². The minimum atomic E-state index is -0.944. The third kappa shape index (κ3) is 3.17. The second-order valence-corrected chi connectivity index (χ2v) is 7.42. The van der Waals surface area contributed by atoms with Crippen molar-refractivity contribution in [1.82, 2.24) is 5.32 Å². The largest absolute Gasteiger partial charge is 0.477 e. The number of carbonyl (C=O) groups excluding carboxylic acids is 1. The first-order valence-corrected chi connectivity index (χ1v) is 9.02. The second-order valence-electron chi connectivity index (χ2n) is 6.26. The Morgan fingerprint density at radius 3 is 2.76 bits per heavy atom. The van der Waals surface area contributed by atoms with Crippen molar-refractivity contribution in [1.29, 1.82) is 0 Å². The van der Waals surface area contributed by atoms with Crippen molar-refractivity contribution in [2.75, 3.05) is 0 Å². The molecule has 3 aromatic rings. The molecule has 0 unspecified atom stereocenters. The van der Waals surface area contributed by atoms with Crippen LogP contribution in [0.2, 0.25) is 0 Å². The highest BCUT2D eigenvalue weighted by Crippen LogP contribution is 2.30. The molecule has 1 amide bonds. The Balaban J connectivity index is 1.43. The molecule has 0 bridgehead atoms. The first-order valence-electron chi connectivity index (χ1n) is 8.21. The number of hydrogen-bond donors (Lipinski definition) is 2. The van der Waals surface area contributed by atoms with E-state index >= 15 is 0 Å². The molecule has 128 valence electrons. The number of benzene rings is 1. The Hall–Kier alpha value is -2.60. The van der Waals surface area contributed by atoms with Gasteiger partial charge in [-0.2, -0.15) is 0 Å². The molecule has 1 aliphatic carbocycles. The van der Waals surface area contributed by atoms with Crippen LogP contribution in [0.3, 0.4) is 0 Å². The quantitative estimate of drug-likeness (QED) is 0.734. The molecule has 0 saturated carbocycles. The van der Waals surface area contributed by atoms with Crippen molar-refractivity contribution >= 4 is 34.2 Å². The summed E-state index contributed by atoms with van der Waals surface area (Å²) >= 11 is 1.17. The van der Waals surface area contributed by atoms with Crippen LogP contribution in [-0.4, -0.2) is 17.0 Å². The summed E-state index contributed by atoms with van der Waals surface area (Å²) in [6.45, 7) is 0.335. The zero-order valence-corrected chi connectivity index (χ0v) is 14.3. The average Bonchev–Trinajstić information content (AvgIpc) is 3.31. The van der Waals surface area contributed by atoms with Gasteiger partial charge in [0.1, 0.15) is 10.5 Å². The van der Waals surface area contributed by atoms with E-state index in [9.17, 15) is 9.59 Å². The highest BCUT2D eigenvalue weighted by molar-refractivity contribution is 7.13. The summed E-state index contributed by atoms with van der Waals surface area (Å²) in [6.07, 6.45) is 5.28. The fraction of sp³-hybridized carbons (Fsp3) is 0.263. The number of thiophene rings is 1. The van der Waals surface area contributed by atoms with Crippen LogP contribution in [0.5, 0.6) is 0 Å². The maximum atomic E-state index is 12.2. The lowest BCUT2D eigenvalue weighted by Crippen LogP contribution is -2.24. The molecule has 2 aromatic heterocycles. The smallest absolute Gasteiger partial charge is 0.345 e. The molecule has 1 aromatic carbocycles. The van der Waals surface area contributed by atoms with Gasteiger partial charge in [0.15, 0.2) is 0 Å². The fourth-order valence-electron chi connectivity index (χ4n) is 3.29. The van der Waals surface area contributed by atoms with Crippen molar-refractivity contribution in [3.8, 4) is 0 Å². The number of furan rings is 1. The van der Waals surface area contributed by atoms with Gasteiger partial charge in [0.2, 0.25) is 5.91 Å². The zero-order valence-electron chi connectivity index (χ0n) is 13.5. The summed E-state index contributed by atoms with van der Waals surface area (Å²) in [6, 6.07) is 7.53. The summed E-state index contributed by atoms with van der Waals surface area (Å²) < 4.78 is 5.62. The third-order valence-corrected chi connectivity index (χ3v) is 5.62. The number of carboxylic acids is 1. The van der Waals surface area contributed by atoms with E-state index in [2.05, 4.69) is 17.4 Å². The lowest BCUT2D eigenvalue weighted by atomic mass is 10.0. The lowest BCUT2D eigenvalue weighted by Gasteiger charge is -2.03. The minimum absolute atomic E-state index is 0.103. The van der Waals surface area contributed by atoms with Crippen molar-refractivity contribution in [2.45, 2.75) is 32.2 Å². The van der Waals surface area contributed by atoms with Crippen molar-refractivity contribution in [3.63, 3.8) is 0 Å². The standard InChI is InChI=1S/C19H17NO4S/c21-18(20-9-14-4-5-17(25-14)19(22)23)8-13-10-24-16-7-12-3-1-2-11(12)6-15(13)16/h4-7,10H,1-3,8-9H2,(H,20,21)(H,22,23). The Kier molecular flexibility index (Phi) is 4.05. The molecule has 0 spiro atoms. The second kappa shape index (κ2) is 6.37. The predicted molar refractivity (Wildman–Crippen MR) is 95.1 cm³/mol.